The van der Waals surface area contributed by atoms with Crippen LogP contribution in [0.4, 0.5) is 5.69 Å². The zero-order valence-corrected chi connectivity index (χ0v) is 23.4. The number of pyridine rings is 1. The van der Waals surface area contributed by atoms with Gasteiger partial charge in [0.25, 0.3) is 0 Å². The molecule has 1 aliphatic heterocycles. The highest BCUT2D eigenvalue weighted by Gasteiger charge is 2.41. The largest absolute Gasteiger partial charge is 0.459 e. The molecule has 40 heavy (non-hydrogen) atoms. The Balaban J connectivity index is 1.26. The van der Waals surface area contributed by atoms with Crippen LogP contribution in [0.5, 0.6) is 0 Å². The number of aryl methyl sites for hydroxylation is 1. The molecule has 0 spiro atoms. The third-order valence-corrected chi connectivity index (χ3v) is 7.98. The number of carbonyl (C=O) groups excluding carboxylic acids is 1. The van der Waals surface area contributed by atoms with E-state index in [4.69, 9.17) is 28.2 Å². The molecule has 1 amide bonds. The number of aromatic nitrogens is 1. The van der Waals surface area contributed by atoms with Gasteiger partial charge in [-0.3, -0.25) is 9.78 Å². The van der Waals surface area contributed by atoms with Crippen molar-refractivity contribution >= 4 is 51.3 Å². The van der Waals surface area contributed by atoms with E-state index in [1.54, 1.807) is 6.20 Å². The molecule has 200 valence electrons. The molecule has 0 aliphatic carbocycles. The van der Waals surface area contributed by atoms with Gasteiger partial charge in [-0.05, 0) is 66.5 Å². The number of hydrogen-bond donors (Lipinski definition) is 2. The van der Waals surface area contributed by atoms with Crippen LogP contribution in [0.15, 0.2) is 102 Å². The van der Waals surface area contributed by atoms with Crippen LogP contribution in [0.1, 0.15) is 35.5 Å². The predicted molar refractivity (Wildman–Crippen MR) is 163 cm³/mol. The highest BCUT2D eigenvalue weighted by Crippen LogP contribution is 2.41. The molecular weight excluding hydrogens is 540 g/mol. The molecule has 0 radical (unpaired) electrons. The summed E-state index contributed by atoms with van der Waals surface area (Å²) in [7, 11) is 0. The number of hydrogen-bond acceptors (Lipinski definition) is 4. The first-order chi connectivity index (χ1) is 19.5. The van der Waals surface area contributed by atoms with Crippen LogP contribution in [0.3, 0.4) is 0 Å². The van der Waals surface area contributed by atoms with E-state index < -0.39 is 0 Å². The van der Waals surface area contributed by atoms with Crippen LogP contribution < -0.4 is 10.6 Å². The minimum atomic E-state index is -0.289. The molecule has 0 bridgehead atoms. The van der Waals surface area contributed by atoms with Crippen molar-refractivity contribution < 1.29 is 9.21 Å². The van der Waals surface area contributed by atoms with Crippen LogP contribution in [-0.2, 0) is 4.79 Å². The molecule has 1 aliphatic rings. The van der Waals surface area contributed by atoms with Crippen molar-refractivity contribution in [2.24, 2.45) is 0 Å². The summed E-state index contributed by atoms with van der Waals surface area (Å²) >= 11 is 12.1. The minimum Gasteiger partial charge on any atom is -0.459 e. The molecule has 3 aromatic carbocycles. The van der Waals surface area contributed by atoms with Crippen molar-refractivity contribution in [1.82, 2.24) is 15.2 Å². The minimum absolute atomic E-state index is 0.0892. The average molecular weight is 567 g/mol. The molecule has 0 saturated carbocycles. The van der Waals surface area contributed by atoms with Crippen molar-refractivity contribution in [1.29, 1.82) is 0 Å². The number of halogens is 1. The van der Waals surface area contributed by atoms with E-state index >= 15 is 0 Å². The lowest BCUT2D eigenvalue weighted by Gasteiger charge is -2.26. The van der Waals surface area contributed by atoms with Gasteiger partial charge in [0, 0.05) is 40.8 Å². The van der Waals surface area contributed by atoms with E-state index in [1.807, 2.05) is 103 Å². The fourth-order valence-electron chi connectivity index (χ4n) is 5.14. The zero-order chi connectivity index (χ0) is 27.6. The third kappa shape index (κ3) is 5.18. The number of amides is 1. The number of rotatable bonds is 7. The molecule has 1 saturated heterocycles. The van der Waals surface area contributed by atoms with Crippen molar-refractivity contribution in [3.05, 3.63) is 119 Å². The van der Waals surface area contributed by atoms with E-state index in [0.29, 0.717) is 22.4 Å². The molecule has 1 fully saturated rings. The Morgan fingerprint density at radius 2 is 1.88 bits per heavy atom. The van der Waals surface area contributed by atoms with Crippen LogP contribution in [0, 0.1) is 6.92 Å². The van der Waals surface area contributed by atoms with Gasteiger partial charge in [0.1, 0.15) is 17.6 Å². The average Bonchev–Trinajstić information content (AvgIpc) is 3.58. The Labute approximate surface area is 243 Å². The number of thiocarbonyl (C=S) groups is 1. The fraction of sp³-hybridized carbons (Fsp3) is 0.156. The standard InChI is InChI=1S/C32H27ClN4O2S/c1-20-12-13-22(19-24(20)33)27-14-15-28(39-27)31-30(26-10-4-5-17-34-26)36-32(40)37(31)18-16-29(38)35-25-11-6-8-21-7-2-3-9-23(21)25/h2-15,17,19,30-31H,16,18H2,1H3,(H,35,38)(H,36,40). The number of carbonyl (C=O) groups is 1. The highest BCUT2D eigenvalue weighted by atomic mass is 35.5. The first-order valence-electron chi connectivity index (χ1n) is 13.1. The van der Waals surface area contributed by atoms with Crippen molar-refractivity contribution in [3.63, 3.8) is 0 Å². The fourth-order valence-corrected chi connectivity index (χ4v) is 5.65. The summed E-state index contributed by atoms with van der Waals surface area (Å²) in [6, 6.07) is 28.9. The Kier molecular flexibility index (Phi) is 7.24. The Bertz CT molecular complexity index is 1700. The van der Waals surface area contributed by atoms with Crippen molar-refractivity contribution in [2.45, 2.75) is 25.4 Å². The third-order valence-electron chi connectivity index (χ3n) is 7.22. The second-order valence-corrected chi connectivity index (χ2v) is 10.6. The molecule has 2 unspecified atom stereocenters. The zero-order valence-electron chi connectivity index (χ0n) is 21.8. The second-order valence-electron chi connectivity index (χ2n) is 9.81. The van der Waals surface area contributed by atoms with Gasteiger partial charge in [0.2, 0.25) is 5.91 Å². The van der Waals surface area contributed by atoms with Gasteiger partial charge in [0.05, 0.1) is 11.7 Å². The van der Waals surface area contributed by atoms with E-state index in [2.05, 4.69) is 15.6 Å². The maximum absolute atomic E-state index is 13.1. The van der Waals surface area contributed by atoms with Gasteiger partial charge in [-0.25, -0.2) is 0 Å². The lowest BCUT2D eigenvalue weighted by Crippen LogP contribution is -2.32. The summed E-state index contributed by atoms with van der Waals surface area (Å²) in [5.41, 5.74) is 3.53. The summed E-state index contributed by atoms with van der Waals surface area (Å²) in [6.07, 6.45) is 2.01. The molecule has 2 aromatic heterocycles. The maximum atomic E-state index is 13.1. The number of anilines is 1. The maximum Gasteiger partial charge on any atom is 0.226 e. The van der Waals surface area contributed by atoms with E-state index in [-0.39, 0.29) is 24.4 Å². The van der Waals surface area contributed by atoms with Crippen molar-refractivity contribution in [3.8, 4) is 11.3 Å². The molecule has 2 atom stereocenters. The number of benzene rings is 3. The van der Waals surface area contributed by atoms with Crippen LogP contribution in [0.2, 0.25) is 5.02 Å². The lowest BCUT2D eigenvalue weighted by atomic mass is 10.0. The smallest absolute Gasteiger partial charge is 0.226 e. The molecular formula is C32H27ClN4O2S. The summed E-state index contributed by atoms with van der Waals surface area (Å²) in [5, 5.41) is 9.81. The number of nitrogens with one attached hydrogen (secondary N) is 2. The van der Waals surface area contributed by atoms with E-state index in [9.17, 15) is 4.79 Å². The summed E-state index contributed by atoms with van der Waals surface area (Å²) in [5.74, 6) is 1.35. The molecule has 6 nitrogen and oxygen atoms in total. The monoisotopic (exact) mass is 566 g/mol. The van der Waals surface area contributed by atoms with E-state index in [1.165, 1.54) is 0 Å². The molecule has 8 heteroatoms. The summed E-state index contributed by atoms with van der Waals surface area (Å²) in [6.45, 7) is 2.37. The Morgan fingerprint density at radius 1 is 1.05 bits per heavy atom. The van der Waals surface area contributed by atoms with Gasteiger partial charge < -0.3 is 20.0 Å². The highest BCUT2D eigenvalue weighted by molar-refractivity contribution is 7.80. The number of fused-ring (bicyclic) bond motifs is 1. The number of furan rings is 1. The molecule has 5 aromatic rings. The van der Waals surface area contributed by atoms with Gasteiger partial charge in [-0.15, -0.1) is 0 Å². The first kappa shape index (κ1) is 26.0. The van der Waals surface area contributed by atoms with Crippen LogP contribution >= 0.6 is 23.8 Å². The normalized spacial score (nSPS) is 16.8. The molecule has 2 N–H and O–H groups in total. The summed E-state index contributed by atoms with van der Waals surface area (Å²) in [4.78, 5) is 19.7. The predicted octanol–water partition coefficient (Wildman–Crippen LogP) is 7.46. The van der Waals surface area contributed by atoms with Crippen molar-refractivity contribution in [2.75, 3.05) is 11.9 Å². The van der Waals surface area contributed by atoms with Gasteiger partial charge in [0.15, 0.2) is 5.11 Å². The number of nitrogens with zero attached hydrogens (tertiary/aromatic N) is 2. The summed E-state index contributed by atoms with van der Waals surface area (Å²) < 4.78 is 6.40. The van der Waals surface area contributed by atoms with Crippen LogP contribution in [-0.4, -0.2) is 27.4 Å². The van der Waals surface area contributed by atoms with Gasteiger partial charge in [-0.1, -0.05) is 66.2 Å². The molecule has 6 rings (SSSR count). The Hall–Kier alpha value is -4.20. The van der Waals surface area contributed by atoms with E-state index in [0.717, 1.165) is 39.0 Å². The van der Waals surface area contributed by atoms with Gasteiger partial charge >= 0.3 is 0 Å². The first-order valence-corrected chi connectivity index (χ1v) is 13.9. The lowest BCUT2D eigenvalue weighted by molar-refractivity contribution is -0.116. The van der Waals surface area contributed by atoms with Crippen LogP contribution in [0.25, 0.3) is 22.1 Å². The van der Waals surface area contributed by atoms with Gasteiger partial charge in [-0.2, -0.15) is 0 Å². The second kappa shape index (κ2) is 11.1. The topological polar surface area (TPSA) is 70.4 Å². The Morgan fingerprint density at radius 3 is 2.70 bits per heavy atom. The quantitative estimate of drug-likeness (QED) is 0.199. The molecule has 3 heterocycles. The SMILES string of the molecule is Cc1ccc(-c2ccc(C3C(c4ccccn4)NC(=S)N3CCC(=O)Nc3cccc4ccccc34)o2)cc1Cl.